The van der Waals surface area contributed by atoms with Crippen LogP contribution in [-0.2, 0) is 16.0 Å². The van der Waals surface area contributed by atoms with Crippen molar-refractivity contribution in [2.75, 3.05) is 0 Å². The van der Waals surface area contributed by atoms with Gasteiger partial charge in [-0.15, -0.1) is 0 Å². The Hall–Kier alpha value is -1.84. The number of Topliss-reactive ketones (excluding diaryl/α,β-unsaturated/α-hetero) is 1. The summed E-state index contributed by atoms with van der Waals surface area (Å²) < 4.78 is 5.61. The number of ether oxygens (including phenoxy) is 1. The summed E-state index contributed by atoms with van der Waals surface area (Å²) in [7, 11) is 0. The van der Waals surface area contributed by atoms with Crippen molar-refractivity contribution in [3.05, 3.63) is 29.8 Å². The monoisotopic (exact) mass is 250 g/mol. The van der Waals surface area contributed by atoms with Crippen molar-refractivity contribution in [3.63, 3.8) is 0 Å². The summed E-state index contributed by atoms with van der Waals surface area (Å²) in [5.41, 5.74) is 0.0139. The van der Waals surface area contributed by atoms with Crippen LogP contribution >= 0.6 is 0 Å². The van der Waals surface area contributed by atoms with Gasteiger partial charge in [0.1, 0.15) is 5.75 Å². The molecule has 0 spiro atoms. The summed E-state index contributed by atoms with van der Waals surface area (Å²) in [5, 5.41) is 8.63. The number of carbonyl (C=O) groups excluding carboxylic acids is 1. The third-order valence-electron chi connectivity index (χ3n) is 2.75. The SMILES string of the molecule is CC(=O)C(C)(C)Oc1cccc(CCC(=O)O)c1. The van der Waals surface area contributed by atoms with Crippen LogP contribution in [0.3, 0.4) is 0 Å². The van der Waals surface area contributed by atoms with Gasteiger partial charge in [-0.2, -0.15) is 0 Å². The molecule has 0 aromatic heterocycles. The number of aryl methyl sites for hydroxylation is 1. The highest BCUT2D eigenvalue weighted by Crippen LogP contribution is 2.21. The zero-order valence-electron chi connectivity index (χ0n) is 10.9. The highest BCUT2D eigenvalue weighted by atomic mass is 16.5. The van der Waals surface area contributed by atoms with Gasteiger partial charge in [0.15, 0.2) is 11.4 Å². The molecule has 0 fully saturated rings. The van der Waals surface area contributed by atoms with Crippen LogP contribution < -0.4 is 4.74 Å². The molecule has 18 heavy (non-hydrogen) atoms. The Labute approximate surface area is 107 Å². The van der Waals surface area contributed by atoms with Gasteiger partial charge in [0.25, 0.3) is 0 Å². The van der Waals surface area contributed by atoms with E-state index in [1.54, 1.807) is 32.0 Å². The molecule has 0 bridgehead atoms. The van der Waals surface area contributed by atoms with Crippen LogP contribution in [0.15, 0.2) is 24.3 Å². The third kappa shape index (κ3) is 4.20. The molecule has 0 saturated heterocycles. The number of carboxylic acids is 1. The molecule has 0 amide bonds. The van der Waals surface area contributed by atoms with Gasteiger partial charge in [0.2, 0.25) is 0 Å². The summed E-state index contributed by atoms with van der Waals surface area (Å²) >= 11 is 0. The summed E-state index contributed by atoms with van der Waals surface area (Å²) in [6, 6.07) is 7.17. The molecule has 0 aliphatic rings. The minimum absolute atomic E-state index is 0.0570. The van der Waals surface area contributed by atoms with Gasteiger partial charge < -0.3 is 9.84 Å². The zero-order chi connectivity index (χ0) is 13.8. The van der Waals surface area contributed by atoms with Crippen molar-refractivity contribution in [3.8, 4) is 5.75 Å². The van der Waals surface area contributed by atoms with Gasteiger partial charge in [0, 0.05) is 6.42 Å². The van der Waals surface area contributed by atoms with Crippen LogP contribution in [0.2, 0.25) is 0 Å². The summed E-state index contributed by atoms with van der Waals surface area (Å²) in [4.78, 5) is 21.9. The molecule has 1 N–H and O–H groups in total. The number of carboxylic acid groups (broad SMARTS) is 1. The standard InChI is InChI=1S/C14H18O4/c1-10(15)14(2,3)18-12-6-4-5-11(9-12)7-8-13(16)17/h4-6,9H,7-8H2,1-3H3,(H,16,17). The van der Waals surface area contributed by atoms with Crippen LogP contribution in [0.5, 0.6) is 5.75 Å². The minimum atomic E-state index is -0.870. The lowest BCUT2D eigenvalue weighted by molar-refractivity contribution is -0.137. The molecule has 0 atom stereocenters. The first kappa shape index (κ1) is 14.2. The lowest BCUT2D eigenvalue weighted by Crippen LogP contribution is -2.36. The van der Waals surface area contributed by atoms with Crippen LogP contribution in [0.1, 0.15) is 32.8 Å². The number of carbonyl (C=O) groups is 2. The van der Waals surface area contributed by atoms with Crippen molar-refractivity contribution < 1.29 is 19.4 Å². The number of rotatable bonds is 6. The molecule has 0 heterocycles. The number of aliphatic carboxylic acids is 1. The largest absolute Gasteiger partial charge is 0.481 e. The average Bonchev–Trinajstić information content (AvgIpc) is 2.26. The first-order valence-corrected chi connectivity index (χ1v) is 5.82. The Morgan fingerprint density at radius 3 is 2.56 bits per heavy atom. The molecule has 0 aliphatic heterocycles. The van der Waals surface area contributed by atoms with Gasteiger partial charge in [0.05, 0.1) is 0 Å². The van der Waals surface area contributed by atoms with Crippen LogP contribution in [-0.4, -0.2) is 22.5 Å². The van der Waals surface area contributed by atoms with Gasteiger partial charge in [-0.3, -0.25) is 9.59 Å². The van der Waals surface area contributed by atoms with Crippen molar-refractivity contribution in [2.45, 2.75) is 39.2 Å². The molecule has 98 valence electrons. The first-order valence-electron chi connectivity index (χ1n) is 5.82. The van der Waals surface area contributed by atoms with Gasteiger partial charge in [-0.05, 0) is 44.9 Å². The normalized spacial score (nSPS) is 11.1. The second kappa shape index (κ2) is 5.67. The Morgan fingerprint density at radius 2 is 2.00 bits per heavy atom. The molecule has 0 unspecified atom stereocenters. The number of hydrogen-bond donors (Lipinski definition) is 1. The molecule has 1 aromatic rings. The number of benzene rings is 1. The predicted octanol–water partition coefficient (Wildman–Crippen LogP) is 2.45. The van der Waals surface area contributed by atoms with Crippen molar-refractivity contribution in [1.82, 2.24) is 0 Å². The van der Waals surface area contributed by atoms with E-state index in [2.05, 4.69) is 0 Å². The maximum atomic E-state index is 11.4. The van der Waals surface area contributed by atoms with Gasteiger partial charge >= 0.3 is 5.97 Å². The van der Waals surface area contributed by atoms with E-state index in [9.17, 15) is 9.59 Å². The summed E-state index contributed by atoms with van der Waals surface area (Å²) in [5.74, 6) is -0.304. The summed E-state index contributed by atoms with van der Waals surface area (Å²) in [6.07, 6.45) is 0.534. The molecule has 4 heteroatoms. The van der Waals surface area contributed by atoms with Crippen molar-refractivity contribution in [1.29, 1.82) is 0 Å². The van der Waals surface area contributed by atoms with Crippen molar-refractivity contribution in [2.24, 2.45) is 0 Å². The van der Waals surface area contributed by atoms with E-state index in [1.807, 2.05) is 6.07 Å². The van der Waals surface area contributed by atoms with Gasteiger partial charge in [-0.1, -0.05) is 12.1 Å². The zero-order valence-corrected chi connectivity index (χ0v) is 10.9. The van der Waals surface area contributed by atoms with Crippen molar-refractivity contribution >= 4 is 11.8 Å². The fraction of sp³-hybridized carbons (Fsp3) is 0.429. The highest BCUT2D eigenvalue weighted by Gasteiger charge is 2.25. The maximum absolute atomic E-state index is 11.4. The molecule has 0 saturated carbocycles. The first-order chi connectivity index (χ1) is 8.31. The third-order valence-corrected chi connectivity index (χ3v) is 2.75. The Balaban J connectivity index is 2.76. The second-order valence-electron chi connectivity index (χ2n) is 4.71. The van der Waals surface area contributed by atoms with Gasteiger partial charge in [-0.25, -0.2) is 0 Å². The predicted molar refractivity (Wildman–Crippen MR) is 67.8 cm³/mol. The van der Waals surface area contributed by atoms with E-state index >= 15 is 0 Å². The smallest absolute Gasteiger partial charge is 0.303 e. The van der Waals surface area contributed by atoms with E-state index in [0.717, 1.165) is 5.56 Å². The molecular weight excluding hydrogens is 232 g/mol. The lowest BCUT2D eigenvalue weighted by atomic mass is 10.0. The molecule has 0 radical (unpaired) electrons. The molecular formula is C14H18O4. The molecule has 0 aliphatic carbocycles. The van der Waals surface area contributed by atoms with E-state index < -0.39 is 11.6 Å². The van der Waals surface area contributed by atoms with Crippen LogP contribution in [0.25, 0.3) is 0 Å². The second-order valence-corrected chi connectivity index (χ2v) is 4.71. The lowest BCUT2D eigenvalue weighted by Gasteiger charge is -2.23. The quantitative estimate of drug-likeness (QED) is 0.842. The van der Waals surface area contributed by atoms with Crippen LogP contribution in [0.4, 0.5) is 0 Å². The molecule has 4 nitrogen and oxygen atoms in total. The Kier molecular flexibility index (Phi) is 4.48. The Morgan fingerprint density at radius 1 is 1.33 bits per heavy atom. The summed E-state index contributed by atoms with van der Waals surface area (Å²) in [6.45, 7) is 4.90. The van der Waals surface area contributed by atoms with E-state index in [0.29, 0.717) is 12.2 Å². The fourth-order valence-corrected chi connectivity index (χ4v) is 1.38. The highest BCUT2D eigenvalue weighted by molar-refractivity contribution is 5.84. The van der Waals surface area contributed by atoms with E-state index in [4.69, 9.17) is 9.84 Å². The topological polar surface area (TPSA) is 63.6 Å². The Bertz CT molecular complexity index is 449. The average molecular weight is 250 g/mol. The number of hydrogen-bond acceptors (Lipinski definition) is 3. The van der Waals surface area contributed by atoms with E-state index in [-0.39, 0.29) is 12.2 Å². The maximum Gasteiger partial charge on any atom is 0.303 e. The molecule has 1 rings (SSSR count). The minimum Gasteiger partial charge on any atom is -0.481 e. The molecule has 1 aromatic carbocycles. The van der Waals surface area contributed by atoms with Crippen LogP contribution in [0, 0.1) is 0 Å². The number of ketones is 1. The fourth-order valence-electron chi connectivity index (χ4n) is 1.38. The van der Waals surface area contributed by atoms with E-state index in [1.165, 1.54) is 6.92 Å².